The van der Waals surface area contributed by atoms with Gasteiger partial charge in [-0.2, -0.15) is 0 Å². The second kappa shape index (κ2) is 9.37. The van der Waals surface area contributed by atoms with Crippen molar-refractivity contribution in [3.8, 4) is 17.2 Å². The van der Waals surface area contributed by atoms with Crippen LogP contribution in [0.15, 0.2) is 41.4 Å². The molecule has 1 aliphatic carbocycles. The predicted octanol–water partition coefficient (Wildman–Crippen LogP) is 4.99. The van der Waals surface area contributed by atoms with Crippen molar-refractivity contribution in [3.63, 3.8) is 0 Å². The van der Waals surface area contributed by atoms with Gasteiger partial charge in [-0.15, -0.1) is 0 Å². The monoisotopic (exact) mass is 395 g/mol. The fourth-order valence-electron chi connectivity index (χ4n) is 3.32. The van der Waals surface area contributed by atoms with Gasteiger partial charge in [-0.25, -0.2) is 4.99 Å². The summed E-state index contributed by atoms with van der Waals surface area (Å²) in [5.41, 5.74) is 0.215. The van der Waals surface area contributed by atoms with E-state index in [0.717, 1.165) is 18.6 Å². The molecule has 0 aromatic heterocycles. The molecular weight excluding hydrogens is 370 g/mol. The first-order valence-electron chi connectivity index (χ1n) is 9.94. The van der Waals surface area contributed by atoms with Crippen molar-refractivity contribution in [1.29, 1.82) is 0 Å². The highest BCUT2D eigenvalue weighted by Crippen LogP contribution is 2.34. The number of carbonyl (C=O) groups is 2. The van der Waals surface area contributed by atoms with Crippen molar-refractivity contribution < 1.29 is 24.5 Å². The van der Waals surface area contributed by atoms with E-state index in [9.17, 15) is 19.8 Å². The van der Waals surface area contributed by atoms with Crippen LogP contribution in [0.2, 0.25) is 0 Å². The number of phenols is 2. The lowest BCUT2D eigenvalue weighted by Gasteiger charge is -2.17. The van der Waals surface area contributed by atoms with E-state index < -0.39 is 11.6 Å². The Morgan fingerprint density at radius 1 is 0.897 bits per heavy atom. The molecule has 1 aliphatic rings. The zero-order valence-corrected chi connectivity index (χ0v) is 16.5. The van der Waals surface area contributed by atoms with E-state index in [4.69, 9.17) is 4.74 Å². The van der Waals surface area contributed by atoms with E-state index in [-0.39, 0.29) is 34.8 Å². The summed E-state index contributed by atoms with van der Waals surface area (Å²) >= 11 is 0. The average molecular weight is 395 g/mol. The van der Waals surface area contributed by atoms with E-state index >= 15 is 0 Å². The minimum atomic E-state index is -0.555. The molecule has 0 heterocycles. The molecule has 152 valence electrons. The third-order valence-electron chi connectivity index (χ3n) is 4.87. The summed E-state index contributed by atoms with van der Waals surface area (Å²) in [5, 5.41) is 19.9. The maximum Gasteiger partial charge on any atom is 0.212 e. The van der Waals surface area contributed by atoms with Crippen LogP contribution >= 0.6 is 0 Å². The molecule has 2 aromatic rings. The second-order valence-electron chi connectivity index (χ2n) is 7.10. The molecule has 6 heteroatoms. The first-order chi connectivity index (χ1) is 14.0. The molecule has 0 saturated heterocycles. The zero-order valence-electron chi connectivity index (χ0n) is 16.5. The van der Waals surface area contributed by atoms with E-state index in [1.54, 1.807) is 24.3 Å². The molecule has 0 radical (unpaired) electrons. The third kappa shape index (κ3) is 4.83. The van der Waals surface area contributed by atoms with Crippen molar-refractivity contribution in [2.24, 2.45) is 4.99 Å². The van der Waals surface area contributed by atoms with Gasteiger partial charge >= 0.3 is 0 Å². The number of hydrogen-bond acceptors (Lipinski definition) is 6. The van der Waals surface area contributed by atoms with Crippen LogP contribution in [0, 0.1) is 0 Å². The number of aromatic hydroxyl groups is 2. The van der Waals surface area contributed by atoms with Crippen molar-refractivity contribution >= 4 is 23.0 Å². The fraction of sp³-hybridized carbons (Fsp3) is 0.348. The van der Waals surface area contributed by atoms with Crippen molar-refractivity contribution in [2.45, 2.75) is 45.4 Å². The number of hydrogen-bond donors (Lipinski definition) is 2. The molecule has 0 fully saturated rings. The van der Waals surface area contributed by atoms with Gasteiger partial charge in [0.15, 0.2) is 5.78 Å². The largest absolute Gasteiger partial charge is 0.507 e. The number of phenolic OH excluding ortho intramolecular Hbond substituents is 2. The van der Waals surface area contributed by atoms with Gasteiger partial charge in [0.05, 0.1) is 35.6 Å². The van der Waals surface area contributed by atoms with Crippen LogP contribution in [0.25, 0.3) is 0 Å². The van der Waals surface area contributed by atoms with Crippen molar-refractivity contribution in [3.05, 3.63) is 47.5 Å². The summed E-state index contributed by atoms with van der Waals surface area (Å²) in [6.07, 6.45) is 5.62. The maximum atomic E-state index is 12.7. The summed E-state index contributed by atoms with van der Waals surface area (Å²) in [5.74, 6) is -0.934. The molecule has 0 saturated carbocycles. The highest BCUT2D eigenvalue weighted by molar-refractivity contribution is 6.53. The van der Waals surface area contributed by atoms with Crippen molar-refractivity contribution in [1.82, 2.24) is 0 Å². The Kier molecular flexibility index (Phi) is 6.65. The highest BCUT2D eigenvalue weighted by Gasteiger charge is 2.34. The van der Waals surface area contributed by atoms with Crippen LogP contribution in [0.5, 0.6) is 17.2 Å². The quantitative estimate of drug-likeness (QED) is 0.485. The van der Waals surface area contributed by atoms with Crippen LogP contribution in [-0.4, -0.2) is 34.1 Å². The fourth-order valence-corrected chi connectivity index (χ4v) is 3.32. The Hall–Kier alpha value is -3.15. The lowest BCUT2D eigenvalue weighted by Crippen LogP contribution is -2.27. The minimum absolute atomic E-state index is 0.0352. The number of unbranched alkanes of at least 4 members (excludes halogenated alkanes) is 4. The maximum absolute atomic E-state index is 12.7. The van der Waals surface area contributed by atoms with Gasteiger partial charge in [-0.05, 0) is 42.8 Å². The van der Waals surface area contributed by atoms with Crippen LogP contribution in [0.3, 0.4) is 0 Å². The lowest BCUT2D eigenvalue weighted by atomic mass is 9.86. The number of Topliss-reactive ketones (excluding diaryl/α,β-unsaturated/α-hetero) is 2. The van der Waals surface area contributed by atoms with Gasteiger partial charge in [-0.3, -0.25) is 9.59 Å². The van der Waals surface area contributed by atoms with E-state index in [0.29, 0.717) is 12.3 Å². The summed E-state index contributed by atoms with van der Waals surface area (Å²) in [7, 11) is 0. The first kappa shape index (κ1) is 20.6. The SMILES string of the molecule is CCCCCCCOc1ccc(N=C2CC(=O)c3c(O)ccc(O)c3C2=O)cc1. The molecule has 3 rings (SSSR count). The Balaban J connectivity index is 1.68. The van der Waals surface area contributed by atoms with Crippen LogP contribution < -0.4 is 4.74 Å². The number of fused-ring (bicyclic) bond motifs is 1. The Bertz CT molecular complexity index is 931. The zero-order chi connectivity index (χ0) is 20.8. The van der Waals surface area contributed by atoms with Gasteiger partial charge in [0.25, 0.3) is 0 Å². The molecule has 2 N–H and O–H groups in total. The molecule has 0 unspecified atom stereocenters. The third-order valence-corrected chi connectivity index (χ3v) is 4.87. The Morgan fingerprint density at radius 2 is 1.55 bits per heavy atom. The molecule has 29 heavy (non-hydrogen) atoms. The molecule has 2 aromatic carbocycles. The number of ketones is 2. The Labute approximate surface area is 169 Å². The molecule has 0 bridgehead atoms. The number of nitrogens with zero attached hydrogens (tertiary/aromatic N) is 1. The molecule has 0 spiro atoms. The summed E-state index contributed by atoms with van der Waals surface area (Å²) < 4.78 is 5.71. The van der Waals surface area contributed by atoms with Gasteiger partial charge in [0.2, 0.25) is 5.78 Å². The average Bonchev–Trinajstić information content (AvgIpc) is 2.71. The Morgan fingerprint density at radius 3 is 2.24 bits per heavy atom. The van der Waals surface area contributed by atoms with E-state index in [1.165, 1.54) is 31.4 Å². The number of benzene rings is 2. The smallest absolute Gasteiger partial charge is 0.212 e. The summed E-state index contributed by atoms with van der Waals surface area (Å²) in [6.45, 7) is 2.84. The normalized spacial score (nSPS) is 14.9. The van der Waals surface area contributed by atoms with Crippen molar-refractivity contribution in [2.75, 3.05) is 6.61 Å². The molecule has 0 atom stereocenters. The number of aliphatic imine (C=N–C) groups is 1. The van der Waals surface area contributed by atoms with Gasteiger partial charge in [-0.1, -0.05) is 32.6 Å². The summed E-state index contributed by atoms with van der Waals surface area (Å²) in [4.78, 5) is 29.3. The second-order valence-corrected chi connectivity index (χ2v) is 7.10. The molecule has 6 nitrogen and oxygen atoms in total. The van der Waals surface area contributed by atoms with Crippen LogP contribution in [0.4, 0.5) is 5.69 Å². The lowest BCUT2D eigenvalue weighted by molar-refractivity contribution is 0.0960. The first-order valence-corrected chi connectivity index (χ1v) is 9.94. The van der Waals surface area contributed by atoms with E-state index in [2.05, 4.69) is 11.9 Å². The van der Waals surface area contributed by atoms with Gasteiger partial charge < -0.3 is 14.9 Å². The van der Waals surface area contributed by atoms with Crippen LogP contribution in [0.1, 0.15) is 66.2 Å². The van der Waals surface area contributed by atoms with Crippen LogP contribution in [-0.2, 0) is 0 Å². The number of rotatable bonds is 8. The van der Waals surface area contributed by atoms with Gasteiger partial charge in [0, 0.05) is 0 Å². The molecular formula is C23H25NO5. The minimum Gasteiger partial charge on any atom is -0.507 e. The number of ether oxygens (including phenoxy) is 1. The highest BCUT2D eigenvalue weighted by atomic mass is 16.5. The topological polar surface area (TPSA) is 96.2 Å². The standard InChI is InChI=1S/C23H25NO5/c1-2-3-4-5-6-13-29-16-9-7-15(8-10-16)24-17-14-20(27)21-18(25)11-12-19(26)22(21)23(17)28/h7-12,25-26H,2-6,13-14H2,1H3. The van der Waals surface area contributed by atoms with Gasteiger partial charge in [0.1, 0.15) is 17.2 Å². The van der Waals surface area contributed by atoms with E-state index in [1.807, 2.05) is 0 Å². The number of carbonyl (C=O) groups excluding carboxylic acids is 2. The molecule has 0 aliphatic heterocycles. The molecule has 0 amide bonds. The summed E-state index contributed by atoms with van der Waals surface area (Å²) in [6, 6.07) is 9.38. The predicted molar refractivity (Wildman–Crippen MR) is 111 cm³/mol.